The average molecular weight is 374 g/mol. The first-order valence-electron chi connectivity index (χ1n) is 7.39. The van der Waals surface area contributed by atoms with Crippen molar-refractivity contribution in [3.8, 4) is 17.0 Å². The van der Waals surface area contributed by atoms with Crippen molar-refractivity contribution < 1.29 is 27.4 Å². The molecule has 1 unspecified atom stereocenters. The monoisotopic (exact) mass is 373 g/mol. The minimum absolute atomic E-state index is 0.210. The largest absolute Gasteiger partial charge is 0.477 e. The van der Waals surface area contributed by atoms with Gasteiger partial charge in [0.1, 0.15) is 5.75 Å². The normalized spacial score (nSPS) is 12.6. The number of aromatic nitrogens is 1. The summed E-state index contributed by atoms with van der Waals surface area (Å²) in [4.78, 5) is 15.5. The lowest BCUT2D eigenvalue weighted by Gasteiger charge is -2.15. The van der Waals surface area contributed by atoms with Crippen molar-refractivity contribution in [3.05, 3.63) is 47.1 Å². The van der Waals surface area contributed by atoms with Crippen LogP contribution in [0.15, 0.2) is 36.5 Å². The van der Waals surface area contributed by atoms with E-state index in [0.29, 0.717) is 11.3 Å². The second kappa shape index (κ2) is 7.74. The molecule has 0 saturated heterocycles. The van der Waals surface area contributed by atoms with Crippen LogP contribution in [0.4, 0.5) is 13.2 Å². The summed E-state index contributed by atoms with van der Waals surface area (Å²) in [5.41, 5.74) is -0.0138. The zero-order valence-electron chi connectivity index (χ0n) is 13.4. The Balaban J connectivity index is 2.25. The lowest BCUT2D eigenvalue weighted by atomic mass is 10.1. The summed E-state index contributed by atoms with van der Waals surface area (Å²) in [6.45, 7) is 3.40. The summed E-state index contributed by atoms with van der Waals surface area (Å²) in [7, 11) is 0. The van der Waals surface area contributed by atoms with Crippen LogP contribution in [-0.2, 0) is 15.7 Å². The molecule has 134 valence electrons. The molecule has 2 rings (SSSR count). The Morgan fingerprint density at radius 2 is 2.00 bits per heavy atom. The maximum atomic E-state index is 12.6. The molecule has 1 aromatic heterocycles. The van der Waals surface area contributed by atoms with Crippen LogP contribution in [0.5, 0.6) is 5.75 Å². The Morgan fingerprint density at radius 3 is 2.56 bits per heavy atom. The summed E-state index contributed by atoms with van der Waals surface area (Å²) < 4.78 is 48.1. The Hall–Kier alpha value is -2.28. The number of benzene rings is 1. The molecule has 0 spiro atoms. The van der Waals surface area contributed by atoms with Gasteiger partial charge in [0.2, 0.25) is 0 Å². The van der Waals surface area contributed by atoms with Crippen molar-refractivity contribution in [2.75, 3.05) is 6.61 Å². The van der Waals surface area contributed by atoms with E-state index in [2.05, 4.69) is 4.98 Å². The minimum atomic E-state index is -4.45. The van der Waals surface area contributed by atoms with Gasteiger partial charge in [0, 0.05) is 11.8 Å². The van der Waals surface area contributed by atoms with Crippen molar-refractivity contribution in [1.29, 1.82) is 0 Å². The van der Waals surface area contributed by atoms with Gasteiger partial charge in [-0.05, 0) is 38.1 Å². The molecule has 1 aromatic carbocycles. The van der Waals surface area contributed by atoms with E-state index in [0.717, 1.165) is 12.3 Å². The molecule has 0 aliphatic heterocycles. The summed E-state index contributed by atoms with van der Waals surface area (Å²) in [6, 6.07) is 6.82. The van der Waals surface area contributed by atoms with Crippen molar-refractivity contribution in [2.45, 2.75) is 26.1 Å². The van der Waals surface area contributed by atoms with Gasteiger partial charge in [0.15, 0.2) is 6.10 Å². The third-order valence-corrected chi connectivity index (χ3v) is 3.55. The predicted octanol–water partition coefficient (Wildman–Crippen LogP) is 4.75. The number of esters is 1. The molecule has 0 aliphatic carbocycles. The van der Waals surface area contributed by atoms with E-state index < -0.39 is 23.8 Å². The molecule has 0 amide bonds. The number of alkyl halides is 3. The van der Waals surface area contributed by atoms with Crippen LogP contribution in [0.3, 0.4) is 0 Å². The first-order chi connectivity index (χ1) is 11.7. The van der Waals surface area contributed by atoms with E-state index in [1.165, 1.54) is 25.1 Å². The zero-order chi connectivity index (χ0) is 18.6. The number of hydrogen-bond acceptors (Lipinski definition) is 4. The molecule has 0 aliphatic rings. The molecule has 8 heteroatoms. The molecule has 1 heterocycles. The van der Waals surface area contributed by atoms with Gasteiger partial charge >= 0.3 is 12.1 Å². The Labute approximate surface area is 147 Å². The van der Waals surface area contributed by atoms with E-state index in [-0.39, 0.29) is 17.4 Å². The molecular weight excluding hydrogens is 359 g/mol. The summed E-state index contributed by atoms with van der Waals surface area (Å²) >= 11 is 6.05. The van der Waals surface area contributed by atoms with Crippen molar-refractivity contribution >= 4 is 17.6 Å². The van der Waals surface area contributed by atoms with Crippen LogP contribution in [0.2, 0.25) is 5.02 Å². The van der Waals surface area contributed by atoms with E-state index in [1.807, 2.05) is 0 Å². The van der Waals surface area contributed by atoms with Crippen molar-refractivity contribution in [2.24, 2.45) is 0 Å². The predicted molar refractivity (Wildman–Crippen MR) is 86.4 cm³/mol. The number of halogens is 4. The Morgan fingerprint density at radius 1 is 1.28 bits per heavy atom. The quantitative estimate of drug-likeness (QED) is 0.709. The maximum Gasteiger partial charge on any atom is 0.417 e. The maximum absolute atomic E-state index is 12.6. The third kappa shape index (κ3) is 4.85. The number of hydrogen-bond donors (Lipinski definition) is 0. The highest BCUT2D eigenvalue weighted by molar-refractivity contribution is 6.32. The molecule has 0 N–H and O–H groups in total. The van der Waals surface area contributed by atoms with Crippen molar-refractivity contribution in [3.63, 3.8) is 0 Å². The van der Waals surface area contributed by atoms with Gasteiger partial charge in [-0.25, -0.2) is 4.79 Å². The van der Waals surface area contributed by atoms with Gasteiger partial charge in [0.25, 0.3) is 0 Å². The highest BCUT2D eigenvalue weighted by Crippen LogP contribution is 2.33. The topological polar surface area (TPSA) is 48.4 Å². The van der Waals surface area contributed by atoms with Gasteiger partial charge in [-0.3, -0.25) is 4.98 Å². The standard InChI is InChI=1S/C17H15ClF3NO3/c1-3-24-16(23)10(2)25-15-8-11(4-6-13(15)18)14-7-5-12(9-22-14)17(19,20)21/h4-10H,3H2,1-2H3. The fourth-order valence-electron chi connectivity index (χ4n) is 1.98. The lowest BCUT2D eigenvalue weighted by Crippen LogP contribution is -2.26. The Bertz CT molecular complexity index is 748. The molecule has 0 bridgehead atoms. The number of nitrogens with zero attached hydrogens (tertiary/aromatic N) is 1. The summed E-state index contributed by atoms with van der Waals surface area (Å²) in [5.74, 6) is -0.335. The average Bonchev–Trinajstić information content (AvgIpc) is 2.56. The molecule has 0 radical (unpaired) electrons. The third-order valence-electron chi connectivity index (χ3n) is 3.24. The van der Waals surface area contributed by atoms with E-state index in [1.54, 1.807) is 13.0 Å². The van der Waals surface area contributed by atoms with Gasteiger partial charge in [-0.15, -0.1) is 0 Å². The number of rotatable bonds is 5. The molecular formula is C17H15ClF3NO3. The van der Waals surface area contributed by atoms with Gasteiger partial charge in [-0.1, -0.05) is 17.7 Å². The molecule has 0 saturated carbocycles. The second-order valence-corrected chi connectivity index (χ2v) is 5.49. The van der Waals surface area contributed by atoms with Crippen LogP contribution >= 0.6 is 11.6 Å². The van der Waals surface area contributed by atoms with E-state index in [4.69, 9.17) is 21.1 Å². The van der Waals surface area contributed by atoms with Crippen LogP contribution in [0, 0.1) is 0 Å². The number of carbonyl (C=O) groups excluding carboxylic acids is 1. The van der Waals surface area contributed by atoms with Crippen LogP contribution in [-0.4, -0.2) is 23.7 Å². The number of carbonyl (C=O) groups is 1. The first kappa shape index (κ1) is 19.1. The zero-order valence-corrected chi connectivity index (χ0v) is 14.2. The van der Waals surface area contributed by atoms with E-state index >= 15 is 0 Å². The summed E-state index contributed by atoms with van der Waals surface area (Å²) in [5, 5.41) is 0.256. The van der Waals surface area contributed by atoms with Gasteiger partial charge in [0.05, 0.1) is 22.9 Å². The van der Waals surface area contributed by atoms with E-state index in [9.17, 15) is 18.0 Å². The smallest absolute Gasteiger partial charge is 0.417 e. The van der Waals surface area contributed by atoms with Gasteiger partial charge < -0.3 is 9.47 Å². The van der Waals surface area contributed by atoms with Crippen LogP contribution in [0.25, 0.3) is 11.3 Å². The molecule has 4 nitrogen and oxygen atoms in total. The summed E-state index contributed by atoms with van der Waals surface area (Å²) in [6.07, 6.45) is -4.58. The first-order valence-corrected chi connectivity index (χ1v) is 7.76. The van der Waals surface area contributed by atoms with Crippen LogP contribution < -0.4 is 4.74 Å². The van der Waals surface area contributed by atoms with Crippen molar-refractivity contribution in [1.82, 2.24) is 4.98 Å². The lowest BCUT2D eigenvalue weighted by molar-refractivity contribution is -0.150. The molecule has 25 heavy (non-hydrogen) atoms. The fourth-order valence-corrected chi connectivity index (χ4v) is 2.15. The minimum Gasteiger partial charge on any atom is -0.477 e. The SMILES string of the molecule is CCOC(=O)C(C)Oc1cc(-c2ccc(C(F)(F)F)cn2)ccc1Cl. The number of pyridine rings is 1. The molecule has 2 aromatic rings. The van der Waals surface area contributed by atoms with Crippen LogP contribution in [0.1, 0.15) is 19.4 Å². The number of ether oxygens (including phenoxy) is 2. The second-order valence-electron chi connectivity index (χ2n) is 5.09. The fraction of sp³-hybridized carbons (Fsp3) is 0.294. The molecule has 0 fully saturated rings. The molecule has 1 atom stereocenters. The highest BCUT2D eigenvalue weighted by atomic mass is 35.5. The Kier molecular flexibility index (Phi) is 5.89. The highest BCUT2D eigenvalue weighted by Gasteiger charge is 2.30. The van der Waals surface area contributed by atoms with Gasteiger partial charge in [-0.2, -0.15) is 13.2 Å².